The van der Waals surface area contributed by atoms with Crippen molar-refractivity contribution in [1.29, 1.82) is 0 Å². The van der Waals surface area contributed by atoms with Crippen LogP contribution in [0.2, 0.25) is 0 Å². The molecule has 1 aliphatic heterocycles. The molecule has 1 heterocycles. The topological polar surface area (TPSA) is 50.7 Å². The van der Waals surface area contributed by atoms with Crippen molar-refractivity contribution in [2.75, 3.05) is 19.7 Å². The largest absolute Gasteiger partial charge is 0.466 e. The molecule has 1 N–H and O–H groups in total. The first-order valence-corrected chi connectivity index (χ1v) is 11.2. The van der Waals surface area contributed by atoms with E-state index in [0.29, 0.717) is 6.61 Å². The molecular weight excluding hydrogens is 324 g/mol. The Bertz CT molecular complexity index is 369. The second-order valence-electron chi connectivity index (χ2n) is 7.65. The number of nitrogens with one attached hydrogen (secondary N) is 1. The van der Waals surface area contributed by atoms with E-state index >= 15 is 0 Å². The van der Waals surface area contributed by atoms with Gasteiger partial charge in [-0.3, -0.25) is 9.79 Å². The van der Waals surface area contributed by atoms with Gasteiger partial charge in [-0.15, -0.1) is 0 Å². The predicted octanol–water partition coefficient (Wildman–Crippen LogP) is 5.79. The second kappa shape index (κ2) is 17.4. The van der Waals surface area contributed by atoms with E-state index in [2.05, 4.69) is 10.3 Å². The van der Waals surface area contributed by atoms with Crippen LogP contribution in [0.1, 0.15) is 110 Å². The van der Waals surface area contributed by atoms with Crippen LogP contribution in [0.4, 0.5) is 0 Å². The summed E-state index contributed by atoms with van der Waals surface area (Å²) >= 11 is 0. The van der Waals surface area contributed by atoms with E-state index in [4.69, 9.17) is 4.74 Å². The maximum atomic E-state index is 10.6. The van der Waals surface area contributed by atoms with Gasteiger partial charge in [-0.25, -0.2) is 0 Å². The molecule has 0 saturated carbocycles. The first kappa shape index (κ1) is 23.0. The molecule has 1 rings (SSSR count). The van der Waals surface area contributed by atoms with Crippen LogP contribution in [0.25, 0.3) is 0 Å². The van der Waals surface area contributed by atoms with E-state index in [1.165, 1.54) is 103 Å². The van der Waals surface area contributed by atoms with E-state index in [1.54, 1.807) is 0 Å². The Morgan fingerprint density at radius 2 is 1.27 bits per heavy atom. The van der Waals surface area contributed by atoms with E-state index in [1.807, 2.05) is 0 Å². The minimum absolute atomic E-state index is 0.155. The van der Waals surface area contributed by atoms with Crippen molar-refractivity contribution in [3.63, 3.8) is 0 Å². The predicted molar refractivity (Wildman–Crippen MR) is 111 cm³/mol. The fourth-order valence-corrected chi connectivity index (χ4v) is 3.52. The third-order valence-corrected chi connectivity index (χ3v) is 5.11. The number of unbranched alkanes of at least 4 members (excludes halogenated alkanes) is 14. The molecule has 0 saturated heterocycles. The van der Waals surface area contributed by atoms with Gasteiger partial charge >= 0.3 is 5.97 Å². The fourth-order valence-electron chi connectivity index (χ4n) is 3.52. The fraction of sp³-hybridized carbons (Fsp3) is 0.909. The molecule has 0 radical (unpaired) electrons. The van der Waals surface area contributed by atoms with Gasteiger partial charge < -0.3 is 10.1 Å². The number of aliphatic imine (C=N–C) groups is 1. The van der Waals surface area contributed by atoms with Crippen molar-refractivity contribution in [3.05, 3.63) is 0 Å². The van der Waals surface area contributed by atoms with E-state index < -0.39 is 0 Å². The Labute approximate surface area is 161 Å². The number of ether oxygens (including phenoxy) is 1. The highest BCUT2D eigenvalue weighted by atomic mass is 16.5. The van der Waals surface area contributed by atoms with Crippen molar-refractivity contribution in [3.8, 4) is 0 Å². The normalized spacial score (nSPS) is 13.5. The van der Waals surface area contributed by atoms with Crippen molar-refractivity contribution in [2.45, 2.75) is 110 Å². The zero-order valence-corrected chi connectivity index (χ0v) is 17.2. The maximum Gasteiger partial charge on any atom is 0.302 e. The standard InChI is InChI=1S/C22H42N2O2/c1-21(25)26-20-16-14-12-10-8-6-4-2-3-5-7-9-11-13-15-17-22-23-18-19-24-22/h2-20H2,1H3,(H,23,24). The minimum atomic E-state index is -0.155. The highest BCUT2D eigenvalue weighted by molar-refractivity contribution is 5.83. The SMILES string of the molecule is CC(=O)OCCCCCCCCCCCCCCCCCC1=NCCN1. The summed E-state index contributed by atoms with van der Waals surface area (Å²) in [6.07, 6.45) is 21.3. The molecule has 0 unspecified atom stereocenters. The Hall–Kier alpha value is -1.06. The summed E-state index contributed by atoms with van der Waals surface area (Å²) in [6.45, 7) is 4.10. The first-order valence-electron chi connectivity index (χ1n) is 11.2. The molecule has 1 aliphatic rings. The summed E-state index contributed by atoms with van der Waals surface area (Å²) in [7, 11) is 0. The molecule has 0 aromatic heterocycles. The number of rotatable bonds is 18. The van der Waals surface area contributed by atoms with Gasteiger partial charge in [-0.2, -0.15) is 0 Å². The second-order valence-corrected chi connectivity index (χ2v) is 7.65. The highest BCUT2D eigenvalue weighted by Crippen LogP contribution is 2.14. The summed E-state index contributed by atoms with van der Waals surface area (Å²) in [5.74, 6) is 1.09. The number of nitrogens with zero attached hydrogens (tertiary/aromatic N) is 1. The summed E-state index contributed by atoms with van der Waals surface area (Å²) in [5, 5.41) is 3.35. The van der Waals surface area contributed by atoms with Gasteiger partial charge in [0.25, 0.3) is 0 Å². The minimum Gasteiger partial charge on any atom is -0.466 e. The van der Waals surface area contributed by atoms with Crippen LogP contribution in [-0.4, -0.2) is 31.5 Å². The third-order valence-electron chi connectivity index (χ3n) is 5.11. The van der Waals surface area contributed by atoms with Gasteiger partial charge in [0.05, 0.1) is 19.0 Å². The number of hydrogen-bond donors (Lipinski definition) is 1. The lowest BCUT2D eigenvalue weighted by molar-refractivity contribution is -0.141. The highest BCUT2D eigenvalue weighted by Gasteiger charge is 2.03. The Morgan fingerprint density at radius 3 is 1.69 bits per heavy atom. The van der Waals surface area contributed by atoms with Gasteiger partial charge in [0, 0.05) is 19.9 Å². The zero-order chi connectivity index (χ0) is 18.7. The zero-order valence-electron chi connectivity index (χ0n) is 17.2. The summed E-state index contributed by atoms with van der Waals surface area (Å²) in [6, 6.07) is 0. The molecule has 0 atom stereocenters. The summed E-state index contributed by atoms with van der Waals surface area (Å²) in [5.41, 5.74) is 0. The number of carbonyl (C=O) groups excluding carboxylic acids is 1. The molecule has 0 aromatic rings. The summed E-state index contributed by atoms with van der Waals surface area (Å²) < 4.78 is 4.94. The average Bonchev–Trinajstić information content (AvgIpc) is 3.14. The van der Waals surface area contributed by atoms with Gasteiger partial charge in [-0.05, 0) is 12.8 Å². The number of esters is 1. The quantitative estimate of drug-likeness (QED) is 0.247. The molecule has 0 spiro atoms. The molecule has 4 heteroatoms. The Kier molecular flexibility index (Phi) is 15.3. The molecule has 4 nitrogen and oxygen atoms in total. The number of hydrogen-bond acceptors (Lipinski definition) is 4. The van der Waals surface area contributed by atoms with Crippen molar-refractivity contribution < 1.29 is 9.53 Å². The molecule has 0 bridgehead atoms. The van der Waals surface area contributed by atoms with E-state index in [-0.39, 0.29) is 5.97 Å². The summed E-state index contributed by atoms with van der Waals surface area (Å²) in [4.78, 5) is 15.1. The lowest BCUT2D eigenvalue weighted by Crippen LogP contribution is -2.17. The number of carbonyl (C=O) groups is 1. The van der Waals surface area contributed by atoms with Crippen molar-refractivity contribution in [1.82, 2.24) is 5.32 Å². The van der Waals surface area contributed by atoms with Crippen LogP contribution in [0.15, 0.2) is 4.99 Å². The van der Waals surface area contributed by atoms with Crippen LogP contribution in [0.5, 0.6) is 0 Å². The number of amidine groups is 1. The van der Waals surface area contributed by atoms with Crippen LogP contribution in [0.3, 0.4) is 0 Å². The van der Waals surface area contributed by atoms with E-state index in [9.17, 15) is 4.79 Å². The molecule has 26 heavy (non-hydrogen) atoms. The molecule has 0 aromatic carbocycles. The van der Waals surface area contributed by atoms with Gasteiger partial charge in [0.15, 0.2) is 0 Å². The Balaban J connectivity index is 1.65. The van der Waals surface area contributed by atoms with Gasteiger partial charge in [0.2, 0.25) is 0 Å². The first-order chi connectivity index (χ1) is 12.8. The molecule has 0 amide bonds. The van der Waals surface area contributed by atoms with E-state index in [0.717, 1.165) is 25.9 Å². The maximum absolute atomic E-state index is 10.6. The smallest absolute Gasteiger partial charge is 0.302 e. The molecule has 0 fully saturated rings. The van der Waals surface area contributed by atoms with Gasteiger partial charge in [-0.1, -0.05) is 83.5 Å². The molecular formula is C22H42N2O2. The lowest BCUT2D eigenvalue weighted by Gasteiger charge is -2.04. The third kappa shape index (κ3) is 15.2. The van der Waals surface area contributed by atoms with Crippen molar-refractivity contribution >= 4 is 11.8 Å². The van der Waals surface area contributed by atoms with Crippen molar-refractivity contribution in [2.24, 2.45) is 4.99 Å². The monoisotopic (exact) mass is 366 g/mol. The lowest BCUT2D eigenvalue weighted by atomic mass is 10.0. The van der Waals surface area contributed by atoms with Crippen LogP contribution < -0.4 is 5.32 Å². The average molecular weight is 367 g/mol. The Morgan fingerprint density at radius 1 is 0.808 bits per heavy atom. The molecule has 152 valence electrons. The van der Waals surface area contributed by atoms with Crippen LogP contribution >= 0.6 is 0 Å². The van der Waals surface area contributed by atoms with Gasteiger partial charge in [0.1, 0.15) is 0 Å². The molecule has 0 aliphatic carbocycles. The van der Waals surface area contributed by atoms with Crippen LogP contribution in [0, 0.1) is 0 Å². The van der Waals surface area contributed by atoms with Crippen LogP contribution in [-0.2, 0) is 9.53 Å².